The van der Waals surface area contributed by atoms with Crippen molar-refractivity contribution in [3.05, 3.63) is 47.3 Å². The summed E-state index contributed by atoms with van der Waals surface area (Å²) in [5.74, 6) is 0.470. The van der Waals surface area contributed by atoms with Crippen LogP contribution in [-0.4, -0.2) is 45.3 Å². The molecule has 166 valence electrons. The number of guanidine groups is 1. The number of thiophene rings is 1. The number of aliphatic imine (C=N–C) groups is 1. The molecule has 1 aliphatic rings. The summed E-state index contributed by atoms with van der Waals surface area (Å²) in [5.41, 5.74) is -0.764. The van der Waals surface area contributed by atoms with E-state index in [1.807, 2.05) is 0 Å². The van der Waals surface area contributed by atoms with E-state index in [1.54, 1.807) is 18.4 Å². The molecule has 0 bridgehead atoms. The number of ether oxygens (including phenoxy) is 1. The van der Waals surface area contributed by atoms with Crippen LogP contribution >= 0.6 is 35.3 Å². The molecule has 0 atom stereocenters. The number of hydrogen-bond acceptors (Lipinski definition) is 4. The predicted octanol–water partition coefficient (Wildman–Crippen LogP) is 4.60. The number of para-hydroxylation sites is 1. The average molecular weight is 554 g/mol. The number of nitrogens with one attached hydrogen (secondary N) is 2. The fourth-order valence-electron chi connectivity index (χ4n) is 3.24. The van der Waals surface area contributed by atoms with E-state index in [0.29, 0.717) is 18.5 Å². The molecule has 30 heavy (non-hydrogen) atoms. The highest BCUT2D eigenvalue weighted by atomic mass is 127. The third-order valence-corrected chi connectivity index (χ3v) is 5.65. The van der Waals surface area contributed by atoms with Gasteiger partial charge < -0.3 is 20.3 Å². The van der Waals surface area contributed by atoms with Crippen LogP contribution in [0.1, 0.15) is 18.4 Å². The lowest BCUT2D eigenvalue weighted by molar-refractivity contribution is -0.138. The number of anilines is 1. The molecule has 5 nitrogen and oxygen atoms in total. The van der Waals surface area contributed by atoms with Gasteiger partial charge in [-0.05, 0) is 42.5 Å². The largest absolute Gasteiger partial charge is 0.491 e. The van der Waals surface area contributed by atoms with Crippen molar-refractivity contribution in [2.24, 2.45) is 4.99 Å². The first-order valence-electron chi connectivity index (χ1n) is 9.52. The highest BCUT2D eigenvalue weighted by Gasteiger charge is 2.33. The zero-order valence-electron chi connectivity index (χ0n) is 16.6. The fourth-order valence-corrected chi connectivity index (χ4v) is 4.02. The molecule has 1 aliphatic heterocycles. The standard InChI is InChI=1S/C20H25F3N4OS.HI/c1-24-19(26-15-8-11-27(12-9-15)18-7-4-14-29-18)25-10-13-28-17-6-3-2-5-16(17)20(21,22)23;/h2-7,14-15H,8-13H2,1H3,(H2,24,25,26);1H. The Labute approximate surface area is 195 Å². The minimum atomic E-state index is -4.43. The summed E-state index contributed by atoms with van der Waals surface area (Å²) in [6.07, 6.45) is -2.44. The van der Waals surface area contributed by atoms with Crippen LogP contribution < -0.4 is 20.3 Å². The summed E-state index contributed by atoms with van der Waals surface area (Å²) in [7, 11) is 1.68. The molecule has 0 amide bonds. The number of alkyl halides is 3. The molecule has 2 N–H and O–H groups in total. The van der Waals surface area contributed by atoms with Crippen molar-refractivity contribution in [3.8, 4) is 5.75 Å². The molecule has 0 saturated carbocycles. The first-order valence-corrected chi connectivity index (χ1v) is 10.4. The summed E-state index contributed by atoms with van der Waals surface area (Å²) in [6.45, 7) is 2.41. The molecule has 2 aromatic rings. The lowest BCUT2D eigenvalue weighted by Crippen LogP contribution is -2.49. The van der Waals surface area contributed by atoms with Crippen LogP contribution in [0.5, 0.6) is 5.75 Å². The van der Waals surface area contributed by atoms with Crippen LogP contribution in [0.25, 0.3) is 0 Å². The Morgan fingerprint density at radius 3 is 2.57 bits per heavy atom. The van der Waals surface area contributed by atoms with Gasteiger partial charge in [-0.1, -0.05) is 12.1 Å². The molecular weight excluding hydrogens is 528 g/mol. The molecule has 3 rings (SSSR count). The maximum atomic E-state index is 13.0. The van der Waals surface area contributed by atoms with Crippen LogP contribution in [0.4, 0.5) is 18.2 Å². The number of nitrogens with zero attached hydrogens (tertiary/aromatic N) is 2. The van der Waals surface area contributed by atoms with Crippen LogP contribution in [0, 0.1) is 0 Å². The topological polar surface area (TPSA) is 48.9 Å². The van der Waals surface area contributed by atoms with Gasteiger partial charge in [-0.25, -0.2) is 0 Å². The van der Waals surface area contributed by atoms with E-state index in [9.17, 15) is 13.2 Å². The van der Waals surface area contributed by atoms with E-state index < -0.39 is 11.7 Å². The van der Waals surface area contributed by atoms with Gasteiger partial charge in [0.1, 0.15) is 12.4 Å². The van der Waals surface area contributed by atoms with Crippen molar-refractivity contribution in [2.75, 3.05) is 38.2 Å². The molecule has 1 fully saturated rings. The highest BCUT2D eigenvalue weighted by Crippen LogP contribution is 2.35. The second kappa shape index (κ2) is 11.6. The van der Waals surface area contributed by atoms with Crippen molar-refractivity contribution in [2.45, 2.75) is 25.1 Å². The number of hydrogen-bond donors (Lipinski definition) is 2. The summed E-state index contributed by atoms with van der Waals surface area (Å²) >= 11 is 1.75. The van der Waals surface area contributed by atoms with Crippen molar-refractivity contribution < 1.29 is 17.9 Å². The Balaban J connectivity index is 0.00000320. The quantitative estimate of drug-likeness (QED) is 0.237. The van der Waals surface area contributed by atoms with Gasteiger partial charge in [0, 0.05) is 26.2 Å². The number of benzene rings is 1. The monoisotopic (exact) mass is 554 g/mol. The summed E-state index contributed by atoms with van der Waals surface area (Å²) in [5, 5.41) is 9.87. The fraction of sp³-hybridized carbons (Fsp3) is 0.450. The molecule has 1 aromatic heterocycles. The number of rotatable bonds is 6. The Morgan fingerprint density at radius 2 is 1.93 bits per heavy atom. The molecule has 10 heteroatoms. The third kappa shape index (κ3) is 6.93. The van der Waals surface area contributed by atoms with Crippen molar-refractivity contribution in [3.63, 3.8) is 0 Å². The molecule has 0 radical (unpaired) electrons. The van der Waals surface area contributed by atoms with Crippen molar-refractivity contribution in [1.82, 2.24) is 10.6 Å². The minimum Gasteiger partial charge on any atom is -0.491 e. The summed E-state index contributed by atoms with van der Waals surface area (Å²) < 4.78 is 44.3. The second-order valence-electron chi connectivity index (χ2n) is 6.70. The average Bonchev–Trinajstić information content (AvgIpc) is 3.25. The van der Waals surface area contributed by atoms with Crippen molar-refractivity contribution >= 4 is 46.3 Å². The van der Waals surface area contributed by atoms with Crippen LogP contribution in [-0.2, 0) is 6.18 Å². The predicted molar refractivity (Wildman–Crippen MR) is 126 cm³/mol. The van der Waals surface area contributed by atoms with Gasteiger partial charge in [-0.15, -0.1) is 35.3 Å². The first kappa shape index (κ1) is 24.6. The van der Waals surface area contributed by atoms with Gasteiger partial charge in [0.05, 0.1) is 17.1 Å². The van der Waals surface area contributed by atoms with E-state index in [1.165, 1.54) is 23.2 Å². The maximum absolute atomic E-state index is 13.0. The van der Waals surface area contributed by atoms with Gasteiger partial charge in [-0.2, -0.15) is 13.2 Å². The Hall–Kier alpha value is -1.69. The first-order chi connectivity index (χ1) is 14.0. The molecule has 0 spiro atoms. The van der Waals surface area contributed by atoms with Gasteiger partial charge in [0.15, 0.2) is 5.96 Å². The van der Waals surface area contributed by atoms with Crippen LogP contribution in [0.15, 0.2) is 46.8 Å². The molecule has 2 heterocycles. The zero-order chi connectivity index (χ0) is 20.7. The molecule has 0 aliphatic carbocycles. The highest BCUT2D eigenvalue weighted by molar-refractivity contribution is 14.0. The van der Waals surface area contributed by atoms with Gasteiger partial charge in [0.2, 0.25) is 0 Å². The molecule has 0 unspecified atom stereocenters. The lowest BCUT2D eigenvalue weighted by atomic mass is 10.1. The third-order valence-electron chi connectivity index (χ3n) is 4.72. The summed E-state index contributed by atoms with van der Waals surface area (Å²) in [6, 6.07) is 9.73. The van der Waals surface area contributed by atoms with E-state index in [0.717, 1.165) is 32.0 Å². The number of piperidine rings is 1. The zero-order valence-corrected chi connectivity index (χ0v) is 19.8. The van der Waals surface area contributed by atoms with Crippen LogP contribution in [0.2, 0.25) is 0 Å². The second-order valence-corrected chi connectivity index (χ2v) is 7.62. The van der Waals surface area contributed by atoms with Crippen molar-refractivity contribution in [1.29, 1.82) is 0 Å². The Bertz CT molecular complexity index is 794. The summed E-state index contributed by atoms with van der Waals surface area (Å²) in [4.78, 5) is 6.58. The van der Waals surface area contributed by atoms with E-state index >= 15 is 0 Å². The Morgan fingerprint density at radius 1 is 1.20 bits per heavy atom. The molecule has 1 aromatic carbocycles. The maximum Gasteiger partial charge on any atom is 0.419 e. The SMILES string of the molecule is CN=C(NCCOc1ccccc1C(F)(F)F)NC1CCN(c2cccs2)CC1.I. The smallest absolute Gasteiger partial charge is 0.419 e. The van der Waals surface area contributed by atoms with Gasteiger partial charge >= 0.3 is 6.18 Å². The molecular formula is C20H26F3IN4OS. The van der Waals surface area contributed by atoms with E-state index in [2.05, 4.69) is 38.0 Å². The van der Waals surface area contributed by atoms with E-state index in [4.69, 9.17) is 4.74 Å². The molecule has 1 saturated heterocycles. The normalized spacial score (nSPS) is 15.5. The van der Waals surface area contributed by atoms with Gasteiger partial charge in [0.25, 0.3) is 0 Å². The van der Waals surface area contributed by atoms with Gasteiger partial charge in [-0.3, -0.25) is 4.99 Å². The van der Waals surface area contributed by atoms with E-state index in [-0.39, 0.29) is 36.3 Å². The number of halogens is 4. The Kier molecular flexibility index (Phi) is 9.53. The minimum absolute atomic E-state index is 0. The van der Waals surface area contributed by atoms with Crippen LogP contribution in [0.3, 0.4) is 0 Å². The lowest BCUT2D eigenvalue weighted by Gasteiger charge is -2.33.